The average Bonchev–Trinajstić information content (AvgIpc) is 2.80. The number of nitrogens with one attached hydrogen (secondary N) is 1. The molecule has 1 nitrogen and oxygen atoms in total. The predicted octanol–water partition coefficient (Wildman–Crippen LogP) is 4.19. The summed E-state index contributed by atoms with van der Waals surface area (Å²) in [5.74, 6) is -0.182. The van der Waals surface area contributed by atoms with Crippen LogP contribution in [0.4, 0.5) is 4.39 Å². The Hall–Kier alpha value is -0.460. The van der Waals surface area contributed by atoms with E-state index in [2.05, 4.69) is 51.7 Å². The first kappa shape index (κ1) is 13.0. The average molecular weight is 361 g/mol. The lowest BCUT2D eigenvalue weighted by molar-refractivity contribution is 0.611. The Morgan fingerprint density at radius 3 is 2.82 bits per heavy atom. The van der Waals surface area contributed by atoms with Crippen molar-refractivity contribution in [3.05, 3.63) is 55.5 Å². The van der Waals surface area contributed by atoms with Crippen LogP contribution in [-0.4, -0.2) is 6.54 Å². The van der Waals surface area contributed by atoms with Crippen LogP contribution in [0.3, 0.4) is 0 Å². The maximum absolute atomic E-state index is 13.1. The van der Waals surface area contributed by atoms with Crippen LogP contribution in [0, 0.1) is 9.39 Å². The van der Waals surface area contributed by atoms with Gasteiger partial charge in [-0.25, -0.2) is 4.39 Å². The number of hydrogen-bond donors (Lipinski definition) is 1. The fourth-order valence-electron chi connectivity index (χ4n) is 1.79. The molecule has 0 radical (unpaired) electrons. The number of thiophene rings is 1. The van der Waals surface area contributed by atoms with E-state index in [-0.39, 0.29) is 11.9 Å². The second-order valence-corrected chi connectivity index (χ2v) is 5.66. The Morgan fingerprint density at radius 2 is 2.24 bits per heavy atom. The molecule has 2 rings (SSSR count). The molecule has 90 valence electrons. The summed E-state index contributed by atoms with van der Waals surface area (Å²) < 4.78 is 14.1. The molecule has 0 aliphatic carbocycles. The molecular formula is C13H13FINS. The monoisotopic (exact) mass is 361 g/mol. The molecule has 1 unspecified atom stereocenters. The first-order valence-corrected chi connectivity index (χ1v) is 7.45. The van der Waals surface area contributed by atoms with Gasteiger partial charge in [0.1, 0.15) is 5.82 Å². The Bertz CT molecular complexity index is 484. The Kier molecular flexibility index (Phi) is 4.53. The van der Waals surface area contributed by atoms with Gasteiger partial charge in [0.15, 0.2) is 0 Å². The van der Waals surface area contributed by atoms with Crippen molar-refractivity contribution in [3.8, 4) is 0 Å². The van der Waals surface area contributed by atoms with Crippen LogP contribution in [0.2, 0.25) is 0 Å². The third kappa shape index (κ3) is 3.05. The maximum Gasteiger partial charge on any atom is 0.124 e. The van der Waals surface area contributed by atoms with Crippen LogP contribution in [-0.2, 0) is 0 Å². The quantitative estimate of drug-likeness (QED) is 0.806. The summed E-state index contributed by atoms with van der Waals surface area (Å²) >= 11 is 3.87. The third-order valence-corrected chi connectivity index (χ3v) is 4.19. The molecule has 1 heterocycles. The van der Waals surface area contributed by atoms with Gasteiger partial charge in [0.2, 0.25) is 0 Å². The van der Waals surface area contributed by atoms with Crippen LogP contribution in [0.1, 0.15) is 24.1 Å². The summed E-state index contributed by atoms with van der Waals surface area (Å²) in [5, 5.41) is 7.64. The van der Waals surface area contributed by atoms with Crippen molar-refractivity contribution in [1.29, 1.82) is 0 Å². The van der Waals surface area contributed by atoms with E-state index in [1.807, 2.05) is 6.07 Å². The Morgan fingerprint density at radius 1 is 1.41 bits per heavy atom. The zero-order valence-corrected chi connectivity index (χ0v) is 12.4. The van der Waals surface area contributed by atoms with Gasteiger partial charge < -0.3 is 5.32 Å². The molecule has 0 amide bonds. The van der Waals surface area contributed by atoms with E-state index >= 15 is 0 Å². The number of rotatable bonds is 4. The molecule has 1 aromatic carbocycles. The first-order chi connectivity index (χ1) is 8.22. The molecule has 0 aliphatic heterocycles. The van der Waals surface area contributed by atoms with Gasteiger partial charge in [-0.15, -0.1) is 0 Å². The third-order valence-electron chi connectivity index (χ3n) is 2.56. The zero-order valence-electron chi connectivity index (χ0n) is 9.41. The van der Waals surface area contributed by atoms with Crippen molar-refractivity contribution < 1.29 is 4.39 Å². The Balaban J connectivity index is 2.39. The van der Waals surface area contributed by atoms with Crippen LogP contribution >= 0.6 is 33.9 Å². The minimum absolute atomic E-state index is 0.152. The largest absolute Gasteiger partial charge is 0.306 e. The highest BCUT2D eigenvalue weighted by Crippen LogP contribution is 2.28. The van der Waals surface area contributed by atoms with Crippen molar-refractivity contribution in [2.75, 3.05) is 6.54 Å². The number of benzene rings is 1. The van der Waals surface area contributed by atoms with E-state index in [4.69, 9.17) is 0 Å². The van der Waals surface area contributed by atoms with E-state index in [0.29, 0.717) is 0 Å². The van der Waals surface area contributed by atoms with Crippen molar-refractivity contribution in [2.24, 2.45) is 0 Å². The van der Waals surface area contributed by atoms with Gasteiger partial charge in [-0.1, -0.05) is 13.0 Å². The molecule has 2 aromatic rings. The van der Waals surface area contributed by atoms with Gasteiger partial charge in [0, 0.05) is 3.57 Å². The zero-order chi connectivity index (χ0) is 12.3. The van der Waals surface area contributed by atoms with Crippen molar-refractivity contribution in [1.82, 2.24) is 5.32 Å². The van der Waals surface area contributed by atoms with Crippen LogP contribution < -0.4 is 5.32 Å². The van der Waals surface area contributed by atoms with E-state index in [1.54, 1.807) is 17.4 Å². The molecule has 1 aromatic heterocycles. The van der Waals surface area contributed by atoms with Crippen LogP contribution in [0.25, 0.3) is 0 Å². The van der Waals surface area contributed by atoms with E-state index in [0.717, 1.165) is 15.7 Å². The molecule has 0 aliphatic rings. The molecule has 1 atom stereocenters. The summed E-state index contributed by atoms with van der Waals surface area (Å²) in [6.45, 7) is 2.96. The molecule has 17 heavy (non-hydrogen) atoms. The molecule has 4 heteroatoms. The van der Waals surface area contributed by atoms with Crippen molar-refractivity contribution in [3.63, 3.8) is 0 Å². The van der Waals surface area contributed by atoms with Gasteiger partial charge in [-0.05, 0) is 69.2 Å². The maximum atomic E-state index is 13.1. The summed E-state index contributed by atoms with van der Waals surface area (Å²) in [7, 11) is 0. The second kappa shape index (κ2) is 5.93. The molecule has 0 fully saturated rings. The number of halogens is 2. The Labute approximate surface area is 118 Å². The number of hydrogen-bond acceptors (Lipinski definition) is 2. The van der Waals surface area contributed by atoms with Crippen molar-refractivity contribution >= 4 is 33.9 Å². The first-order valence-electron chi connectivity index (χ1n) is 5.42. The lowest BCUT2D eigenvalue weighted by Crippen LogP contribution is -2.22. The van der Waals surface area contributed by atoms with E-state index in [9.17, 15) is 4.39 Å². The van der Waals surface area contributed by atoms with Crippen LogP contribution in [0.5, 0.6) is 0 Å². The molecule has 0 saturated heterocycles. The highest BCUT2D eigenvalue weighted by molar-refractivity contribution is 14.1. The topological polar surface area (TPSA) is 12.0 Å². The van der Waals surface area contributed by atoms with Gasteiger partial charge in [0.25, 0.3) is 0 Å². The van der Waals surface area contributed by atoms with E-state index < -0.39 is 0 Å². The van der Waals surface area contributed by atoms with E-state index in [1.165, 1.54) is 11.6 Å². The lowest BCUT2D eigenvalue weighted by atomic mass is 10.0. The summed E-state index contributed by atoms with van der Waals surface area (Å²) in [5.41, 5.74) is 2.37. The standard InChI is InChI=1S/C13H13FINS/c1-2-16-13(9-5-6-17-8-9)11-4-3-10(14)7-12(11)15/h3-8,13,16H,2H2,1H3. The second-order valence-electron chi connectivity index (χ2n) is 3.71. The van der Waals surface area contributed by atoms with Gasteiger partial charge in [0.05, 0.1) is 6.04 Å². The SMILES string of the molecule is CCNC(c1ccsc1)c1ccc(F)cc1I. The molecule has 0 saturated carbocycles. The molecular weight excluding hydrogens is 348 g/mol. The predicted molar refractivity (Wildman–Crippen MR) is 79.0 cm³/mol. The van der Waals surface area contributed by atoms with Gasteiger partial charge >= 0.3 is 0 Å². The molecule has 0 spiro atoms. The van der Waals surface area contributed by atoms with Crippen LogP contribution in [0.15, 0.2) is 35.0 Å². The fourth-order valence-corrected chi connectivity index (χ4v) is 3.26. The normalized spacial score (nSPS) is 12.6. The molecule has 0 bridgehead atoms. The fraction of sp³-hybridized carbons (Fsp3) is 0.231. The summed E-state index contributed by atoms with van der Waals surface area (Å²) in [6, 6.07) is 7.22. The minimum Gasteiger partial charge on any atom is -0.306 e. The highest BCUT2D eigenvalue weighted by Gasteiger charge is 2.16. The highest BCUT2D eigenvalue weighted by atomic mass is 127. The molecule has 1 N–H and O–H groups in total. The summed E-state index contributed by atoms with van der Waals surface area (Å²) in [4.78, 5) is 0. The smallest absolute Gasteiger partial charge is 0.124 e. The summed E-state index contributed by atoms with van der Waals surface area (Å²) in [6.07, 6.45) is 0. The van der Waals surface area contributed by atoms with Crippen molar-refractivity contribution in [2.45, 2.75) is 13.0 Å². The van der Waals surface area contributed by atoms with Gasteiger partial charge in [-0.3, -0.25) is 0 Å². The lowest BCUT2D eigenvalue weighted by Gasteiger charge is -2.19. The minimum atomic E-state index is -0.182. The van der Waals surface area contributed by atoms with Gasteiger partial charge in [-0.2, -0.15) is 11.3 Å².